The van der Waals surface area contributed by atoms with Gasteiger partial charge < -0.3 is 9.47 Å². The van der Waals surface area contributed by atoms with Crippen molar-refractivity contribution in [1.82, 2.24) is 9.47 Å². The van der Waals surface area contributed by atoms with Crippen molar-refractivity contribution in [1.29, 1.82) is 0 Å². The molecule has 0 radical (unpaired) electrons. The van der Waals surface area contributed by atoms with Gasteiger partial charge in [-0.25, -0.2) is 17.9 Å². The number of halogens is 1. The van der Waals surface area contributed by atoms with Crippen molar-refractivity contribution < 1.29 is 17.6 Å². The topological polar surface area (TPSA) is 85.4 Å². The van der Waals surface area contributed by atoms with Crippen LogP contribution in [-0.4, -0.2) is 37.4 Å². The lowest BCUT2D eigenvalue weighted by Crippen LogP contribution is -2.31. The van der Waals surface area contributed by atoms with E-state index in [1.807, 2.05) is 41.1 Å². The maximum absolute atomic E-state index is 14.0. The Hall–Kier alpha value is -2.71. The molecule has 1 amide bonds. The zero-order valence-corrected chi connectivity index (χ0v) is 14.9. The zero-order chi connectivity index (χ0) is 18.9. The molecule has 0 aliphatic rings. The molecule has 3 aromatic rings. The number of nitrogens with two attached hydrogens (primary N) is 1. The maximum atomic E-state index is 14.0. The number of aromatic nitrogens is 1. The number of carbonyl (C=O) groups excluding carboxylic acids is 1. The fourth-order valence-electron chi connectivity index (χ4n) is 2.75. The van der Waals surface area contributed by atoms with Crippen molar-refractivity contribution in [3.05, 3.63) is 66.1 Å². The third-order valence-corrected chi connectivity index (χ3v) is 5.11. The van der Waals surface area contributed by atoms with E-state index in [2.05, 4.69) is 0 Å². The normalized spacial score (nSPS) is 11.7. The number of sulfonamides is 1. The van der Waals surface area contributed by atoms with Crippen LogP contribution in [0, 0.1) is 5.82 Å². The molecule has 8 heteroatoms. The Morgan fingerprint density at radius 3 is 2.65 bits per heavy atom. The molecule has 1 aromatic heterocycles. The van der Waals surface area contributed by atoms with Crippen LogP contribution in [0.25, 0.3) is 10.9 Å². The minimum absolute atomic E-state index is 0.299. The van der Waals surface area contributed by atoms with Crippen LogP contribution in [0.3, 0.4) is 0 Å². The summed E-state index contributed by atoms with van der Waals surface area (Å²) >= 11 is 0. The molecule has 0 aliphatic carbocycles. The van der Waals surface area contributed by atoms with E-state index in [4.69, 9.17) is 5.14 Å². The van der Waals surface area contributed by atoms with Gasteiger partial charge in [-0.1, -0.05) is 18.2 Å². The van der Waals surface area contributed by atoms with Gasteiger partial charge >= 0.3 is 0 Å². The minimum Gasteiger partial charge on any atom is -0.346 e. The van der Waals surface area contributed by atoms with Gasteiger partial charge in [0.25, 0.3) is 5.91 Å². The van der Waals surface area contributed by atoms with Gasteiger partial charge in [0, 0.05) is 31.9 Å². The number of amides is 1. The van der Waals surface area contributed by atoms with Crippen molar-refractivity contribution >= 4 is 26.8 Å². The number of hydrogen-bond donors (Lipinski definition) is 1. The summed E-state index contributed by atoms with van der Waals surface area (Å²) < 4.78 is 38.8. The number of rotatable bonds is 5. The molecule has 0 aliphatic heterocycles. The highest BCUT2D eigenvalue weighted by atomic mass is 32.2. The Morgan fingerprint density at radius 2 is 1.92 bits per heavy atom. The summed E-state index contributed by atoms with van der Waals surface area (Å²) in [6, 6.07) is 12.8. The van der Waals surface area contributed by atoms with Gasteiger partial charge in [0.05, 0.1) is 10.5 Å². The molecule has 2 aromatic carbocycles. The molecule has 6 nitrogen and oxygen atoms in total. The van der Waals surface area contributed by atoms with Gasteiger partial charge in [-0.05, 0) is 35.7 Å². The van der Waals surface area contributed by atoms with E-state index in [1.165, 1.54) is 11.9 Å². The number of nitrogens with zero attached hydrogens (tertiary/aromatic N) is 2. The molecule has 0 saturated carbocycles. The van der Waals surface area contributed by atoms with Gasteiger partial charge in [0.2, 0.25) is 10.0 Å². The predicted molar refractivity (Wildman–Crippen MR) is 96.7 cm³/mol. The summed E-state index contributed by atoms with van der Waals surface area (Å²) in [5, 5.41) is 6.14. The molecule has 0 atom stereocenters. The lowest BCUT2D eigenvalue weighted by atomic mass is 10.2. The smallest absolute Gasteiger partial charge is 0.256 e. The number of primary sulfonamides is 1. The highest BCUT2D eigenvalue weighted by Gasteiger charge is 2.19. The highest BCUT2D eigenvalue weighted by Crippen LogP contribution is 2.17. The molecule has 26 heavy (non-hydrogen) atoms. The second kappa shape index (κ2) is 6.89. The third-order valence-electron chi connectivity index (χ3n) is 4.20. The summed E-state index contributed by atoms with van der Waals surface area (Å²) in [7, 11) is -2.48. The molecule has 0 fully saturated rings. The van der Waals surface area contributed by atoms with Crippen molar-refractivity contribution in [2.75, 3.05) is 13.6 Å². The average molecular weight is 375 g/mol. The molecule has 2 N–H and O–H groups in total. The number of hydrogen-bond acceptors (Lipinski definition) is 3. The first-order valence-corrected chi connectivity index (χ1v) is 9.44. The van der Waals surface area contributed by atoms with Crippen LogP contribution in [-0.2, 0) is 16.6 Å². The van der Waals surface area contributed by atoms with Gasteiger partial charge in [0.15, 0.2) is 0 Å². The van der Waals surface area contributed by atoms with Crippen LogP contribution >= 0.6 is 0 Å². The fraction of sp³-hybridized carbons (Fsp3) is 0.167. The first-order chi connectivity index (χ1) is 12.3. The van der Waals surface area contributed by atoms with Gasteiger partial charge in [-0.3, -0.25) is 4.79 Å². The summed E-state index contributed by atoms with van der Waals surface area (Å²) in [4.78, 5) is 13.6. The lowest BCUT2D eigenvalue weighted by molar-refractivity contribution is 0.0786. The Morgan fingerprint density at radius 1 is 1.19 bits per heavy atom. The van der Waals surface area contributed by atoms with Crippen LogP contribution in [0.1, 0.15) is 10.4 Å². The summed E-state index contributed by atoms with van der Waals surface area (Å²) in [5.74, 6) is -1.40. The summed E-state index contributed by atoms with van der Waals surface area (Å²) in [6.45, 7) is 0.850. The Kier molecular flexibility index (Phi) is 4.80. The third kappa shape index (κ3) is 3.61. The lowest BCUT2D eigenvalue weighted by Gasteiger charge is -2.18. The van der Waals surface area contributed by atoms with E-state index in [0.29, 0.717) is 13.1 Å². The first-order valence-electron chi connectivity index (χ1n) is 7.89. The molecule has 3 rings (SSSR count). The number of likely N-dealkylation sites (N-methyl/N-ethyl adjacent to an activating group) is 1. The average Bonchev–Trinajstić information content (AvgIpc) is 3.01. The van der Waals surface area contributed by atoms with E-state index in [-0.39, 0.29) is 10.5 Å². The summed E-state index contributed by atoms with van der Waals surface area (Å²) in [5.41, 5.74) is 0.715. The summed E-state index contributed by atoms with van der Waals surface area (Å²) in [6.07, 6.45) is 1.92. The first kappa shape index (κ1) is 18.1. The second-order valence-electron chi connectivity index (χ2n) is 5.98. The van der Waals surface area contributed by atoms with E-state index in [1.54, 1.807) is 0 Å². The van der Waals surface area contributed by atoms with Gasteiger partial charge in [0.1, 0.15) is 5.82 Å². The van der Waals surface area contributed by atoms with Crippen LogP contribution < -0.4 is 5.14 Å². The fourth-order valence-corrected chi connectivity index (χ4v) is 3.29. The van der Waals surface area contributed by atoms with E-state index in [0.717, 1.165) is 29.1 Å². The molecule has 0 bridgehead atoms. The minimum atomic E-state index is -4.01. The van der Waals surface area contributed by atoms with Crippen LogP contribution in [0.2, 0.25) is 0 Å². The SMILES string of the molecule is CN(CCn1ccc2ccccc21)C(=O)c1cc(S(N)(=O)=O)ccc1F. The number of benzene rings is 2. The Balaban J connectivity index is 1.78. The van der Waals surface area contributed by atoms with E-state index < -0.39 is 21.7 Å². The molecule has 0 saturated heterocycles. The molecule has 0 spiro atoms. The predicted octanol–water partition coefficient (Wildman–Crippen LogP) is 2.20. The van der Waals surface area contributed by atoms with E-state index in [9.17, 15) is 17.6 Å². The quantitative estimate of drug-likeness (QED) is 0.742. The van der Waals surface area contributed by atoms with Crippen LogP contribution in [0.5, 0.6) is 0 Å². The van der Waals surface area contributed by atoms with E-state index >= 15 is 0 Å². The maximum Gasteiger partial charge on any atom is 0.256 e. The van der Waals surface area contributed by atoms with Crippen LogP contribution in [0.15, 0.2) is 59.6 Å². The second-order valence-corrected chi connectivity index (χ2v) is 7.54. The standard InChI is InChI=1S/C18H18FN3O3S/c1-21(10-11-22-9-8-13-4-2-3-5-17(13)22)18(23)15-12-14(26(20,24)25)6-7-16(15)19/h2-9,12H,10-11H2,1H3,(H2,20,24,25). The molecular weight excluding hydrogens is 357 g/mol. The zero-order valence-electron chi connectivity index (χ0n) is 14.1. The highest BCUT2D eigenvalue weighted by molar-refractivity contribution is 7.89. The van der Waals surface area contributed by atoms with Crippen molar-refractivity contribution in [3.63, 3.8) is 0 Å². The monoisotopic (exact) mass is 375 g/mol. The number of carbonyl (C=O) groups is 1. The largest absolute Gasteiger partial charge is 0.346 e. The molecule has 136 valence electrons. The van der Waals surface area contributed by atoms with Gasteiger partial charge in [-0.2, -0.15) is 0 Å². The number of fused-ring (bicyclic) bond motifs is 1. The van der Waals surface area contributed by atoms with Crippen molar-refractivity contribution in [2.45, 2.75) is 11.4 Å². The van der Waals surface area contributed by atoms with Gasteiger partial charge in [-0.15, -0.1) is 0 Å². The molecular formula is C18H18FN3O3S. The Bertz CT molecular complexity index is 1080. The van der Waals surface area contributed by atoms with Crippen molar-refractivity contribution in [3.8, 4) is 0 Å². The molecule has 1 heterocycles. The van der Waals surface area contributed by atoms with Crippen molar-refractivity contribution in [2.24, 2.45) is 5.14 Å². The number of para-hydroxylation sites is 1. The Labute approximate surface area is 150 Å². The molecule has 0 unspecified atom stereocenters. The van der Waals surface area contributed by atoms with Crippen LogP contribution in [0.4, 0.5) is 4.39 Å².